The van der Waals surface area contributed by atoms with Gasteiger partial charge in [0.2, 0.25) is 5.91 Å². The second-order valence-electron chi connectivity index (χ2n) is 9.26. The molecule has 0 saturated carbocycles. The van der Waals surface area contributed by atoms with Crippen molar-refractivity contribution in [1.29, 1.82) is 0 Å². The summed E-state index contributed by atoms with van der Waals surface area (Å²) in [5.41, 5.74) is 2.93. The summed E-state index contributed by atoms with van der Waals surface area (Å²) in [5.74, 6) is 0.0759. The van der Waals surface area contributed by atoms with Crippen LogP contribution in [0.15, 0.2) is 36.4 Å². The lowest BCUT2D eigenvalue weighted by molar-refractivity contribution is -0.119. The summed E-state index contributed by atoms with van der Waals surface area (Å²) in [6.07, 6.45) is 3.28. The van der Waals surface area contributed by atoms with Crippen LogP contribution in [0.1, 0.15) is 56.3 Å². The third-order valence-corrected chi connectivity index (χ3v) is 6.47. The van der Waals surface area contributed by atoms with Crippen molar-refractivity contribution in [3.05, 3.63) is 64.7 Å². The van der Waals surface area contributed by atoms with Crippen LogP contribution < -0.4 is 15.4 Å². The van der Waals surface area contributed by atoms with Crippen LogP contribution in [-0.4, -0.2) is 30.4 Å². The molecule has 180 valence electrons. The number of nitrogens with one attached hydrogen (secondary N) is 2. The SMILES string of the molecule is CC(=O)N[C@@H](Cc1cc(F)cc(F)c1)[C@H](S)CNC1CCOc2ccc(CCC(C)C)cc21. The fraction of sp³-hybridized carbons (Fsp3) is 0.500. The van der Waals surface area contributed by atoms with Gasteiger partial charge in [-0.05, 0) is 54.5 Å². The van der Waals surface area contributed by atoms with E-state index in [0.29, 0.717) is 24.6 Å². The maximum atomic E-state index is 13.6. The number of hydrogen-bond acceptors (Lipinski definition) is 4. The molecule has 1 aliphatic heterocycles. The van der Waals surface area contributed by atoms with Crippen molar-refractivity contribution < 1.29 is 18.3 Å². The van der Waals surface area contributed by atoms with Gasteiger partial charge in [0.05, 0.1) is 6.61 Å². The molecule has 3 atom stereocenters. The highest BCUT2D eigenvalue weighted by Crippen LogP contribution is 2.33. The number of thiol groups is 1. The van der Waals surface area contributed by atoms with E-state index in [-0.39, 0.29) is 29.7 Å². The van der Waals surface area contributed by atoms with Gasteiger partial charge < -0.3 is 15.4 Å². The van der Waals surface area contributed by atoms with E-state index in [1.165, 1.54) is 24.6 Å². The Labute approximate surface area is 200 Å². The molecule has 1 unspecified atom stereocenters. The van der Waals surface area contributed by atoms with Crippen LogP contribution >= 0.6 is 12.6 Å². The molecule has 0 spiro atoms. The van der Waals surface area contributed by atoms with Crippen LogP contribution in [0.2, 0.25) is 0 Å². The number of amides is 1. The van der Waals surface area contributed by atoms with Crippen molar-refractivity contribution in [2.45, 2.75) is 63.8 Å². The standard InChI is InChI=1S/C26H34F2N2O2S/c1-16(2)4-5-18-6-7-25-22(12-18)23(8-9-32-25)29-15-26(33)24(30-17(3)31)13-19-10-20(27)14-21(28)11-19/h6-7,10-12,14,16,23-24,26,29,33H,4-5,8-9,13,15H2,1-3H3,(H,30,31)/t23?,24-,26+/m0/s1. The van der Waals surface area contributed by atoms with E-state index in [2.05, 4.69) is 42.7 Å². The van der Waals surface area contributed by atoms with Gasteiger partial charge in [0.15, 0.2) is 0 Å². The number of carbonyl (C=O) groups excluding carboxylic acids is 1. The van der Waals surface area contributed by atoms with Gasteiger partial charge in [0.1, 0.15) is 17.4 Å². The molecule has 1 heterocycles. The molecule has 0 fully saturated rings. The number of ether oxygens (including phenoxy) is 1. The minimum atomic E-state index is -0.632. The van der Waals surface area contributed by atoms with Gasteiger partial charge in [-0.1, -0.05) is 26.0 Å². The van der Waals surface area contributed by atoms with Crippen molar-refractivity contribution in [3.8, 4) is 5.75 Å². The molecule has 4 nitrogen and oxygen atoms in total. The molecule has 3 rings (SSSR count). The number of halogens is 2. The second kappa shape index (κ2) is 11.8. The summed E-state index contributed by atoms with van der Waals surface area (Å²) in [4.78, 5) is 11.8. The normalized spacial score (nSPS) is 17.2. The van der Waals surface area contributed by atoms with Crippen molar-refractivity contribution in [1.82, 2.24) is 10.6 Å². The minimum absolute atomic E-state index is 0.118. The quantitative estimate of drug-likeness (QED) is 0.423. The predicted octanol–water partition coefficient (Wildman–Crippen LogP) is 5.01. The summed E-state index contributed by atoms with van der Waals surface area (Å²) in [6, 6.07) is 9.57. The summed E-state index contributed by atoms with van der Waals surface area (Å²) in [7, 11) is 0. The van der Waals surface area contributed by atoms with Crippen molar-refractivity contribution in [2.24, 2.45) is 5.92 Å². The molecule has 33 heavy (non-hydrogen) atoms. The number of rotatable bonds is 10. The molecule has 0 saturated heterocycles. The van der Waals surface area contributed by atoms with Crippen LogP contribution in [0.3, 0.4) is 0 Å². The number of fused-ring (bicyclic) bond motifs is 1. The highest BCUT2D eigenvalue weighted by atomic mass is 32.1. The molecule has 1 aliphatic rings. The molecule has 0 bridgehead atoms. The number of benzene rings is 2. The first-order chi connectivity index (χ1) is 15.7. The number of carbonyl (C=O) groups is 1. The largest absolute Gasteiger partial charge is 0.493 e. The first kappa shape index (κ1) is 25.5. The number of aryl methyl sites for hydroxylation is 1. The van der Waals surface area contributed by atoms with E-state index < -0.39 is 11.6 Å². The molecule has 1 amide bonds. The van der Waals surface area contributed by atoms with Crippen LogP contribution in [-0.2, 0) is 17.6 Å². The maximum absolute atomic E-state index is 13.6. The molecule has 0 radical (unpaired) electrons. The fourth-order valence-corrected chi connectivity index (χ4v) is 4.48. The van der Waals surface area contributed by atoms with Gasteiger partial charge in [-0.3, -0.25) is 4.79 Å². The van der Waals surface area contributed by atoms with Gasteiger partial charge >= 0.3 is 0 Å². The van der Waals surface area contributed by atoms with Crippen molar-refractivity contribution >= 4 is 18.5 Å². The molecule has 7 heteroatoms. The second-order valence-corrected chi connectivity index (χ2v) is 9.92. The summed E-state index contributed by atoms with van der Waals surface area (Å²) < 4.78 is 33.1. The highest BCUT2D eigenvalue weighted by molar-refractivity contribution is 7.81. The Bertz CT molecular complexity index is 934. The summed E-state index contributed by atoms with van der Waals surface area (Å²) >= 11 is 4.73. The average molecular weight is 477 g/mol. The van der Waals surface area contributed by atoms with Gasteiger partial charge in [0, 0.05) is 48.9 Å². The summed E-state index contributed by atoms with van der Waals surface area (Å²) in [5, 5.41) is 6.21. The molecule has 2 aromatic carbocycles. The van der Waals surface area contributed by atoms with Gasteiger partial charge in [-0.2, -0.15) is 12.6 Å². The van der Waals surface area contributed by atoms with Crippen LogP contribution in [0.5, 0.6) is 5.75 Å². The zero-order valence-corrected chi connectivity index (χ0v) is 20.4. The zero-order valence-electron chi connectivity index (χ0n) is 19.5. The lowest BCUT2D eigenvalue weighted by Gasteiger charge is -2.30. The number of hydrogen-bond donors (Lipinski definition) is 3. The third kappa shape index (κ3) is 7.71. The van der Waals surface area contributed by atoms with Gasteiger partial charge in [-0.25, -0.2) is 8.78 Å². The predicted molar refractivity (Wildman–Crippen MR) is 131 cm³/mol. The fourth-order valence-electron chi connectivity index (χ4n) is 4.20. The first-order valence-corrected chi connectivity index (χ1v) is 12.1. The Morgan fingerprint density at radius 1 is 1.15 bits per heavy atom. The Hall–Kier alpha value is -2.12. The third-order valence-electron chi connectivity index (χ3n) is 5.93. The molecule has 0 aromatic heterocycles. The van der Waals surface area contributed by atoms with Crippen LogP contribution in [0.4, 0.5) is 8.78 Å². The topological polar surface area (TPSA) is 50.4 Å². The highest BCUT2D eigenvalue weighted by Gasteiger charge is 2.25. The smallest absolute Gasteiger partial charge is 0.217 e. The Morgan fingerprint density at radius 2 is 1.88 bits per heavy atom. The van der Waals surface area contributed by atoms with E-state index in [0.717, 1.165) is 36.6 Å². The van der Waals surface area contributed by atoms with Crippen LogP contribution in [0.25, 0.3) is 0 Å². The molecule has 0 aliphatic carbocycles. The van der Waals surface area contributed by atoms with Crippen LogP contribution in [0, 0.1) is 17.6 Å². The van der Waals surface area contributed by atoms with E-state index in [4.69, 9.17) is 17.4 Å². The van der Waals surface area contributed by atoms with E-state index in [1.807, 2.05) is 0 Å². The molecule has 2 N–H and O–H groups in total. The Morgan fingerprint density at radius 3 is 2.55 bits per heavy atom. The van der Waals surface area contributed by atoms with Gasteiger partial charge in [-0.15, -0.1) is 0 Å². The van der Waals surface area contributed by atoms with E-state index >= 15 is 0 Å². The molecular formula is C26H34F2N2O2S. The van der Waals surface area contributed by atoms with Crippen molar-refractivity contribution in [2.75, 3.05) is 13.2 Å². The first-order valence-electron chi connectivity index (χ1n) is 11.6. The summed E-state index contributed by atoms with van der Waals surface area (Å²) in [6.45, 7) is 7.03. The van der Waals surface area contributed by atoms with E-state index in [1.54, 1.807) is 0 Å². The lowest BCUT2D eigenvalue weighted by Crippen LogP contribution is -2.46. The molecule has 2 aromatic rings. The lowest BCUT2D eigenvalue weighted by atomic mass is 9.95. The van der Waals surface area contributed by atoms with E-state index in [9.17, 15) is 13.6 Å². The molecular weight excluding hydrogens is 442 g/mol. The van der Waals surface area contributed by atoms with Gasteiger partial charge in [0.25, 0.3) is 0 Å². The minimum Gasteiger partial charge on any atom is -0.493 e. The van der Waals surface area contributed by atoms with Crippen molar-refractivity contribution in [3.63, 3.8) is 0 Å². The maximum Gasteiger partial charge on any atom is 0.217 e. The average Bonchev–Trinajstić information content (AvgIpc) is 2.74. The Balaban J connectivity index is 1.68. The Kier molecular flexibility index (Phi) is 9.15. The monoisotopic (exact) mass is 476 g/mol. The zero-order chi connectivity index (χ0) is 24.0.